The highest BCUT2D eigenvalue weighted by Gasteiger charge is 2.44. The molecule has 2 aliphatic heterocycles. The summed E-state index contributed by atoms with van der Waals surface area (Å²) in [6, 6.07) is 97.5. The van der Waals surface area contributed by atoms with Crippen molar-refractivity contribution in [3.8, 4) is 11.5 Å². The van der Waals surface area contributed by atoms with E-state index in [1.54, 1.807) is 0 Å². The lowest BCUT2D eigenvalue weighted by molar-refractivity contribution is 0.488. The van der Waals surface area contributed by atoms with Crippen molar-refractivity contribution < 1.29 is 4.74 Å². The number of nitrogens with zero attached hydrogens (tertiary/aromatic N) is 4. The average Bonchev–Trinajstić information content (AvgIpc) is 3.43. The van der Waals surface area contributed by atoms with Gasteiger partial charge in [-0.2, -0.15) is 0 Å². The first-order valence-electron chi connectivity index (χ1n) is 23.9. The highest BCUT2D eigenvalue weighted by molar-refractivity contribution is 7.00. The summed E-state index contributed by atoms with van der Waals surface area (Å²) in [5.74, 6) is 1.65. The Morgan fingerprint density at radius 3 is 1.20 bits per heavy atom. The van der Waals surface area contributed by atoms with Crippen LogP contribution in [0.4, 0.5) is 68.2 Å². The number of rotatable bonds is 10. The van der Waals surface area contributed by atoms with Crippen LogP contribution in [0.2, 0.25) is 0 Å². The van der Waals surface area contributed by atoms with Crippen LogP contribution in [0, 0.1) is 0 Å². The van der Waals surface area contributed by atoms with E-state index >= 15 is 0 Å². The van der Waals surface area contributed by atoms with Gasteiger partial charge in [0.2, 0.25) is 0 Å². The van der Waals surface area contributed by atoms with Crippen molar-refractivity contribution in [1.82, 2.24) is 0 Å². The molecule has 0 saturated heterocycles. The second-order valence-electron chi connectivity index (χ2n) is 17.7. The first kappa shape index (κ1) is 41.0. The predicted octanol–water partition coefficient (Wildman–Crippen LogP) is 15.7. The van der Waals surface area contributed by atoms with Crippen molar-refractivity contribution in [2.24, 2.45) is 0 Å². The van der Waals surface area contributed by atoms with E-state index < -0.39 is 0 Å². The minimum absolute atomic E-state index is 0.184. The highest BCUT2D eigenvalue weighted by atomic mass is 16.5. The van der Waals surface area contributed by atoms with Crippen LogP contribution in [0.25, 0.3) is 10.8 Å². The van der Waals surface area contributed by atoms with Crippen LogP contribution in [0.3, 0.4) is 0 Å². The zero-order valence-corrected chi connectivity index (χ0v) is 38.3. The van der Waals surface area contributed by atoms with Crippen molar-refractivity contribution in [2.75, 3.05) is 19.6 Å². The van der Waals surface area contributed by atoms with Gasteiger partial charge in [0.15, 0.2) is 0 Å². The van der Waals surface area contributed by atoms with E-state index in [9.17, 15) is 0 Å². The van der Waals surface area contributed by atoms with Gasteiger partial charge in [0.05, 0.1) is 11.4 Å². The van der Waals surface area contributed by atoms with E-state index in [4.69, 9.17) is 4.74 Å². The molecule has 5 nitrogen and oxygen atoms in total. The van der Waals surface area contributed by atoms with E-state index in [2.05, 4.69) is 293 Å². The zero-order chi connectivity index (χ0) is 46.4. The summed E-state index contributed by atoms with van der Waals surface area (Å²) < 4.78 is 7.55. The Bertz CT molecular complexity index is 3520. The number of anilines is 12. The molecular weight excluding hydrogens is 852 g/mol. The van der Waals surface area contributed by atoms with Gasteiger partial charge in [0.25, 0.3) is 6.71 Å². The van der Waals surface area contributed by atoms with Gasteiger partial charge in [-0.15, -0.1) is 0 Å². The monoisotopic (exact) mass is 896 g/mol. The molecule has 11 aromatic rings. The van der Waals surface area contributed by atoms with Crippen LogP contribution in [0.1, 0.15) is 0 Å². The SMILES string of the molecule is c1ccc(N(c2ccccc2)c2ccc3c(c2)N(c2ccccc2)c2cc(N(c4ccccc4)c4ccccc4)cc4c2B3c2c(cc(N(c3ccccc3)c3ccccc3)c3ccccc23)O4)cc1. The number of hydrogen-bond acceptors (Lipinski definition) is 5. The number of hydrogen-bond donors (Lipinski definition) is 0. The third-order valence-corrected chi connectivity index (χ3v) is 13.6. The predicted molar refractivity (Wildman–Crippen MR) is 294 cm³/mol. The molecule has 11 aromatic carbocycles. The Morgan fingerprint density at radius 2 is 0.700 bits per heavy atom. The standard InChI is InChI=1S/C64H45BN4O/c1-8-24-46(25-9-1)66(47-26-10-2-11-27-47)53-40-41-57-59(42-53)69(52-36-20-7-21-37-52)60-43-54(67(48-28-12-3-13-29-48)49-30-14-4-15-31-49)44-61-64(60)65(57)63-56-39-23-22-38-55(56)58(45-62(63)70-61)68(50-32-16-5-17-33-50)51-34-18-6-19-35-51/h1-45H. The fourth-order valence-corrected chi connectivity index (χ4v) is 10.7. The minimum atomic E-state index is -0.184. The molecule has 2 aliphatic rings. The van der Waals surface area contributed by atoms with Crippen molar-refractivity contribution in [3.63, 3.8) is 0 Å². The van der Waals surface area contributed by atoms with E-state index in [1.165, 1.54) is 5.46 Å². The second-order valence-corrected chi connectivity index (χ2v) is 17.7. The molecule has 0 aliphatic carbocycles. The van der Waals surface area contributed by atoms with Gasteiger partial charge >= 0.3 is 0 Å². The normalized spacial score (nSPS) is 12.1. The lowest BCUT2D eigenvalue weighted by Crippen LogP contribution is -2.59. The largest absolute Gasteiger partial charge is 0.458 e. The number of fused-ring (bicyclic) bond motifs is 6. The van der Waals surface area contributed by atoms with Crippen molar-refractivity contribution in [2.45, 2.75) is 0 Å². The van der Waals surface area contributed by atoms with Gasteiger partial charge in [-0.1, -0.05) is 158 Å². The fraction of sp³-hybridized carbons (Fsp3) is 0. The zero-order valence-electron chi connectivity index (χ0n) is 38.3. The minimum Gasteiger partial charge on any atom is -0.458 e. The van der Waals surface area contributed by atoms with Crippen molar-refractivity contribution >= 4 is 102 Å². The molecule has 0 aromatic heterocycles. The molecule has 330 valence electrons. The van der Waals surface area contributed by atoms with Gasteiger partial charge in [0.1, 0.15) is 11.5 Å². The third-order valence-electron chi connectivity index (χ3n) is 13.6. The Morgan fingerprint density at radius 1 is 0.300 bits per heavy atom. The Balaban J connectivity index is 1.12. The first-order chi connectivity index (χ1) is 34.8. The van der Waals surface area contributed by atoms with Crippen LogP contribution in [0.15, 0.2) is 273 Å². The summed E-state index contributed by atoms with van der Waals surface area (Å²) >= 11 is 0. The number of para-hydroxylation sites is 7. The molecule has 0 atom stereocenters. The number of ether oxygens (including phenoxy) is 1. The van der Waals surface area contributed by atoms with Crippen LogP contribution in [0.5, 0.6) is 11.5 Å². The molecule has 6 heteroatoms. The van der Waals surface area contributed by atoms with Crippen LogP contribution in [-0.4, -0.2) is 6.71 Å². The van der Waals surface area contributed by atoms with Gasteiger partial charge in [0, 0.05) is 74.4 Å². The van der Waals surface area contributed by atoms with Crippen molar-refractivity contribution in [1.29, 1.82) is 0 Å². The highest BCUT2D eigenvalue weighted by Crippen LogP contribution is 2.49. The topological polar surface area (TPSA) is 22.2 Å². The van der Waals surface area contributed by atoms with E-state index in [1.807, 2.05) is 0 Å². The van der Waals surface area contributed by atoms with E-state index in [0.29, 0.717) is 0 Å². The van der Waals surface area contributed by atoms with Gasteiger partial charge < -0.3 is 24.3 Å². The average molecular weight is 897 g/mol. The van der Waals surface area contributed by atoms with Crippen LogP contribution >= 0.6 is 0 Å². The molecular formula is C64H45BN4O. The molecule has 2 heterocycles. The van der Waals surface area contributed by atoms with Gasteiger partial charge in [-0.05, 0) is 125 Å². The molecule has 0 spiro atoms. The van der Waals surface area contributed by atoms with Crippen LogP contribution < -0.4 is 40.7 Å². The Hall–Kier alpha value is -9.26. The molecule has 13 rings (SSSR count). The van der Waals surface area contributed by atoms with E-state index in [-0.39, 0.29) is 6.71 Å². The van der Waals surface area contributed by atoms with Crippen LogP contribution in [-0.2, 0) is 0 Å². The summed E-state index contributed by atoms with van der Waals surface area (Å²) in [7, 11) is 0. The molecule has 0 N–H and O–H groups in total. The molecule has 0 fully saturated rings. The van der Waals surface area contributed by atoms with E-state index in [0.717, 1.165) is 101 Å². The molecule has 0 unspecified atom stereocenters. The molecule has 0 radical (unpaired) electrons. The summed E-state index contributed by atoms with van der Waals surface area (Å²) in [5, 5.41) is 2.28. The summed E-state index contributed by atoms with van der Waals surface area (Å²) in [5.41, 5.74) is 16.2. The molecule has 0 amide bonds. The maximum absolute atomic E-state index is 7.55. The quantitative estimate of drug-likeness (QED) is 0.127. The van der Waals surface area contributed by atoms with Gasteiger partial charge in [-0.3, -0.25) is 0 Å². The first-order valence-corrected chi connectivity index (χ1v) is 23.9. The number of benzene rings is 11. The Labute approximate surface area is 409 Å². The van der Waals surface area contributed by atoms with Gasteiger partial charge in [-0.25, -0.2) is 0 Å². The lowest BCUT2D eigenvalue weighted by Gasteiger charge is -2.42. The smallest absolute Gasteiger partial charge is 0.257 e. The molecule has 70 heavy (non-hydrogen) atoms. The lowest BCUT2D eigenvalue weighted by atomic mass is 9.33. The molecule has 0 saturated carbocycles. The summed E-state index contributed by atoms with van der Waals surface area (Å²) in [6.45, 7) is -0.184. The fourth-order valence-electron chi connectivity index (χ4n) is 10.7. The van der Waals surface area contributed by atoms with Crippen molar-refractivity contribution in [3.05, 3.63) is 273 Å². The maximum Gasteiger partial charge on any atom is 0.257 e. The Kier molecular flexibility index (Phi) is 10.2. The molecule has 0 bridgehead atoms. The maximum atomic E-state index is 7.55. The summed E-state index contributed by atoms with van der Waals surface area (Å²) in [6.07, 6.45) is 0. The second kappa shape index (κ2) is 17.4. The third kappa shape index (κ3) is 7.05. The summed E-state index contributed by atoms with van der Waals surface area (Å²) in [4.78, 5) is 9.51.